The van der Waals surface area contributed by atoms with Crippen molar-refractivity contribution in [3.8, 4) is 11.5 Å². The fourth-order valence-corrected chi connectivity index (χ4v) is 3.54. The molecular weight excluding hydrogens is 382 g/mol. The zero-order valence-corrected chi connectivity index (χ0v) is 18.0. The summed E-state index contributed by atoms with van der Waals surface area (Å²) in [6, 6.07) is 10.9. The molecule has 3 rings (SSSR count). The smallest absolute Gasteiger partial charge is 0.319 e. The molecule has 2 aromatic carbocycles. The second-order valence-corrected chi connectivity index (χ2v) is 7.59. The molecule has 7 nitrogen and oxygen atoms in total. The Labute approximate surface area is 177 Å². The second kappa shape index (κ2) is 9.52. The van der Waals surface area contributed by atoms with Gasteiger partial charge in [0.2, 0.25) is 5.91 Å². The highest BCUT2D eigenvalue weighted by molar-refractivity contribution is 5.97. The van der Waals surface area contributed by atoms with Crippen LogP contribution in [-0.4, -0.2) is 32.7 Å². The molecule has 1 heterocycles. The van der Waals surface area contributed by atoms with Crippen LogP contribution in [0.1, 0.15) is 31.4 Å². The minimum atomic E-state index is -0.317. The summed E-state index contributed by atoms with van der Waals surface area (Å²) in [7, 11) is 3.16. The molecule has 160 valence electrons. The first-order valence-electron chi connectivity index (χ1n) is 10.1. The number of hydrogen-bond donors (Lipinski definition) is 2. The normalized spacial score (nSPS) is 12.9. The van der Waals surface area contributed by atoms with Gasteiger partial charge in [-0.2, -0.15) is 0 Å². The zero-order chi connectivity index (χ0) is 21.7. The molecular formula is C23H29N3O4. The highest BCUT2D eigenvalue weighted by Crippen LogP contribution is 2.31. The maximum Gasteiger partial charge on any atom is 0.319 e. The number of hydrogen-bond acceptors (Lipinski definition) is 4. The van der Waals surface area contributed by atoms with Crippen LogP contribution in [0.4, 0.5) is 16.2 Å². The lowest BCUT2D eigenvalue weighted by Gasteiger charge is -2.31. The molecule has 0 aliphatic carbocycles. The van der Waals surface area contributed by atoms with E-state index in [0.29, 0.717) is 30.3 Å². The van der Waals surface area contributed by atoms with Crippen LogP contribution in [0.15, 0.2) is 36.4 Å². The second-order valence-electron chi connectivity index (χ2n) is 7.59. The lowest BCUT2D eigenvalue weighted by molar-refractivity contribution is -0.121. The number of carbonyl (C=O) groups is 2. The molecule has 7 heteroatoms. The van der Waals surface area contributed by atoms with Crippen LogP contribution in [0.2, 0.25) is 0 Å². The van der Waals surface area contributed by atoms with Crippen molar-refractivity contribution in [2.45, 2.75) is 33.2 Å². The molecule has 2 N–H and O–H groups in total. The molecule has 0 fully saturated rings. The number of nitrogens with one attached hydrogen (secondary N) is 2. The van der Waals surface area contributed by atoms with E-state index in [1.54, 1.807) is 20.3 Å². The van der Waals surface area contributed by atoms with E-state index in [2.05, 4.69) is 10.6 Å². The minimum absolute atomic E-state index is 0.0719. The minimum Gasteiger partial charge on any atom is -0.493 e. The molecule has 0 unspecified atom stereocenters. The Hall–Kier alpha value is -3.22. The number of benzene rings is 2. The Morgan fingerprint density at radius 2 is 1.83 bits per heavy atom. The third-order valence-electron chi connectivity index (χ3n) is 5.12. The molecule has 30 heavy (non-hydrogen) atoms. The van der Waals surface area contributed by atoms with Gasteiger partial charge in [0.05, 0.1) is 14.2 Å². The Balaban J connectivity index is 1.66. The summed E-state index contributed by atoms with van der Waals surface area (Å²) in [6.45, 7) is 4.86. The third-order valence-corrected chi connectivity index (χ3v) is 5.12. The van der Waals surface area contributed by atoms with E-state index < -0.39 is 0 Å². The van der Waals surface area contributed by atoms with E-state index in [4.69, 9.17) is 9.47 Å². The van der Waals surface area contributed by atoms with Crippen molar-refractivity contribution in [2.24, 2.45) is 5.92 Å². The first-order chi connectivity index (χ1) is 14.4. The summed E-state index contributed by atoms with van der Waals surface area (Å²) in [6.07, 6.45) is 1.88. The average molecular weight is 412 g/mol. The van der Waals surface area contributed by atoms with Crippen molar-refractivity contribution in [3.05, 3.63) is 47.5 Å². The predicted molar refractivity (Wildman–Crippen MR) is 117 cm³/mol. The predicted octanol–water partition coefficient (Wildman–Crippen LogP) is 3.96. The van der Waals surface area contributed by atoms with Gasteiger partial charge in [0.1, 0.15) is 0 Å². The Morgan fingerprint density at radius 1 is 1.07 bits per heavy atom. The quantitative estimate of drug-likeness (QED) is 0.754. The van der Waals surface area contributed by atoms with Gasteiger partial charge < -0.3 is 25.0 Å². The van der Waals surface area contributed by atoms with E-state index in [0.717, 1.165) is 29.7 Å². The molecule has 0 atom stereocenters. The van der Waals surface area contributed by atoms with Gasteiger partial charge >= 0.3 is 6.03 Å². The molecule has 0 bridgehead atoms. The van der Waals surface area contributed by atoms with E-state index in [9.17, 15) is 9.59 Å². The van der Waals surface area contributed by atoms with Crippen molar-refractivity contribution in [2.75, 3.05) is 31.0 Å². The van der Waals surface area contributed by atoms with Crippen LogP contribution >= 0.6 is 0 Å². The topological polar surface area (TPSA) is 79.9 Å². The highest BCUT2D eigenvalue weighted by Gasteiger charge is 2.24. The van der Waals surface area contributed by atoms with Crippen LogP contribution in [0.5, 0.6) is 11.5 Å². The maximum absolute atomic E-state index is 12.6. The van der Waals surface area contributed by atoms with Crippen molar-refractivity contribution < 1.29 is 19.1 Å². The summed E-state index contributed by atoms with van der Waals surface area (Å²) in [5, 5.41) is 5.70. The van der Waals surface area contributed by atoms with E-state index >= 15 is 0 Å². The van der Waals surface area contributed by atoms with Crippen LogP contribution in [-0.2, 0) is 17.8 Å². The molecule has 2 aromatic rings. The maximum atomic E-state index is 12.6. The molecule has 1 aliphatic heterocycles. The van der Waals surface area contributed by atoms with E-state index in [1.807, 2.05) is 49.1 Å². The van der Waals surface area contributed by atoms with Crippen LogP contribution < -0.4 is 25.0 Å². The number of amides is 3. The molecule has 0 spiro atoms. The monoisotopic (exact) mass is 411 g/mol. The summed E-state index contributed by atoms with van der Waals surface area (Å²) < 4.78 is 10.5. The number of methoxy groups -OCH3 is 2. The first kappa shape index (κ1) is 21.5. The number of anilines is 2. The van der Waals surface area contributed by atoms with Gasteiger partial charge in [-0.3, -0.25) is 4.79 Å². The molecule has 1 aliphatic rings. The Morgan fingerprint density at radius 3 is 2.53 bits per heavy atom. The van der Waals surface area contributed by atoms with Gasteiger partial charge in [-0.25, -0.2) is 4.79 Å². The number of fused-ring (bicyclic) bond motifs is 1. The average Bonchev–Trinajstić information content (AvgIpc) is 2.76. The molecule has 0 saturated carbocycles. The SMILES string of the molecule is COc1ccc(CNC(=O)Nc2ccc3c(c2)N(C(=O)C(C)C)CCC3)cc1OC. The van der Waals surface area contributed by atoms with Gasteiger partial charge in [0, 0.05) is 30.4 Å². The van der Waals surface area contributed by atoms with Crippen molar-refractivity contribution >= 4 is 23.3 Å². The van der Waals surface area contributed by atoms with Crippen molar-refractivity contribution in [1.82, 2.24) is 5.32 Å². The number of aryl methyl sites for hydroxylation is 1. The fourth-order valence-electron chi connectivity index (χ4n) is 3.54. The zero-order valence-electron chi connectivity index (χ0n) is 18.0. The highest BCUT2D eigenvalue weighted by atomic mass is 16.5. The number of urea groups is 1. The number of rotatable bonds is 6. The number of nitrogens with zero attached hydrogens (tertiary/aromatic N) is 1. The summed E-state index contributed by atoms with van der Waals surface area (Å²) >= 11 is 0. The number of carbonyl (C=O) groups excluding carboxylic acids is 2. The first-order valence-corrected chi connectivity index (χ1v) is 10.1. The van der Waals surface area contributed by atoms with Gasteiger partial charge in [0.25, 0.3) is 0 Å². The lowest BCUT2D eigenvalue weighted by Crippen LogP contribution is -2.38. The van der Waals surface area contributed by atoms with Crippen molar-refractivity contribution in [1.29, 1.82) is 0 Å². The third kappa shape index (κ3) is 4.84. The van der Waals surface area contributed by atoms with Crippen molar-refractivity contribution in [3.63, 3.8) is 0 Å². The fraction of sp³-hybridized carbons (Fsp3) is 0.391. The lowest BCUT2D eigenvalue weighted by atomic mass is 9.99. The van der Waals surface area contributed by atoms with Gasteiger partial charge in [-0.15, -0.1) is 0 Å². The summed E-state index contributed by atoms with van der Waals surface area (Å²) in [4.78, 5) is 26.8. The van der Waals surface area contributed by atoms with Gasteiger partial charge in [0.15, 0.2) is 11.5 Å². The standard InChI is InChI=1S/C23H29N3O4/c1-15(2)22(27)26-11-5-6-17-8-9-18(13-19(17)26)25-23(28)24-14-16-7-10-20(29-3)21(12-16)30-4/h7-10,12-13,15H,5-6,11,14H2,1-4H3,(H2,24,25,28). The Bertz CT molecular complexity index is 927. The van der Waals surface area contributed by atoms with E-state index in [1.165, 1.54) is 0 Å². The van der Waals surface area contributed by atoms with Crippen LogP contribution in [0, 0.1) is 5.92 Å². The summed E-state index contributed by atoms with van der Waals surface area (Å²) in [5.41, 5.74) is 3.56. The van der Waals surface area contributed by atoms with E-state index in [-0.39, 0.29) is 17.9 Å². The molecule has 0 saturated heterocycles. The Kier molecular flexibility index (Phi) is 6.82. The summed E-state index contributed by atoms with van der Waals surface area (Å²) in [5.74, 6) is 1.28. The largest absolute Gasteiger partial charge is 0.493 e. The van der Waals surface area contributed by atoms with Gasteiger partial charge in [-0.1, -0.05) is 26.0 Å². The molecule has 0 aromatic heterocycles. The molecule has 0 radical (unpaired) electrons. The number of ether oxygens (including phenoxy) is 2. The molecule has 3 amide bonds. The van der Waals surface area contributed by atoms with Crippen LogP contribution in [0.25, 0.3) is 0 Å². The van der Waals surface area contributed by atoms with Crippen LogP contribution in [0.3, 0.4) is 0 Å². The van der Waals surface area contributed by atoms with Gasteiger partial charge in [-0.05, 0) is 48.2 Å².